The van der Waals surface area contributed by atoms with Gasteiger partial charge in [0.25, 0.3) is 5.91 Å². The minimum atomic E-state index is -4.80. The van der Waals surface area contributed by atoms with Crippen molar-refractivity contribution in [2.24, 2.45) is 0 Å². The molecular weight excluding hydrogens is 406 g/mol. The molecule has 1 aliphatic rings. The maximum absolute atomic E-state index is 13.5. The highest BCUT2D eigenvalue weighted by molar-refractivity contribution is 9.10. The highest BCUT2D eigenvalue weighted by Gasteiger charge is 2.50. The van der Waals surface area contributed by atoms with Gasteiger partial charge in [-0.25, -0.2) is 4.39 Å². The Morgan fingerprint density at radius 3 is 2.36 bits per heavy atom. The second-order valence-electron chi connectivity index (χ2n) is 5.53. The molecule has 0 saturated carbocycles. The Morgan fingerprint density at radius 1 is 1.12 bits per heavy atom. The van der Waals surface area contributed by atoms with Gasteiger partial charge in [-0.3, -0.25) is 14.5 Å². The van der Waals surface area contributed by atoms with Crippen molar-refractivity contribution < 1.29 is 27.2 Å². The molecule has 8 heteroatoms. The van der Waals surface area contributed by atoms with Gasteiger partial charge in [0.2, 0.25) is 0 Å². The van der Waals surface area contributed by atoms with Crippen LogP contribution in [0.2, 0.25) is 0 Å². The van der Waals surface area contributed by atoms with E-state index in [9.17, 15) is 27.2 Å². The number of amides is 1. The van der Waals surface area contributed by atoms with E-state index in [2.05, 4.69) is 15.9 Å². The van der Waals surface area contributed by atoms with Crippen LogP contribution in [0.15, 0.2) is 46.9 Å². The van der Waals surface area contributed by atoms with Gasteiger partial charge < -0.3 is 0 Å². The zero-order valence-electron chi connectivity index (χ0n) is 12.5. The average Bonchev–Trinajstić information content (AvgIpc) is 2.54. The molecule has 3 rings (SSSR count). The van der Waals surface area contributed by atoms with Crippen LogP contribution < -0.4 is 4.90 Å². The lowest BCUT2D eigenvalue weighted by molar-refractivity contribution is -0.147. The second kappa shape index (κ2) is 6.25. The number of rotatable bonds is 1. The monoisotopic (exact) mass is 415 g/mol. The van der Waals surface area contributed by atoms with Gasteiger partial charge >= 0.3 is 6.18 Å². The zero-order chi connectivity index (χ0) is 18.4. The van der Waals surface area contributed by atoms with Gasteiger partial charge in [0, 0.05) is 22.0 Å². The van der Waals surface area contributed by atoms with E-state index in [1.165, 1.54) is 24.3 Å². The van der Waals surface area contributed by atoms with E-state index in [0.717, 1.165) is 18.2 Å². The van der Waals surface area contributed by atoms with Crippen LogP contribution in [0.25, 0.3) is 0 Å². The van der Waals surface area contributed by atoms with E-state index in [4.69, 9.17) is 0 Å². The van der Waals surface area contributed by atoms with Gasteiger partial charge in [-0.15, -0.1) is 0 Å². The maximum Gasteiger partial charge on any atom is 0.409 e. The molecule has 3 nitrogen and oxygen atoms in total. The number of hydrogen-bond donors (Lipinski definition) is 0. The summed E-state index contributed by atoms with van der Waals surface area (Å²) in [4.78, 5) is 25.3. The van der Waals surface area contributed by atoms with Crippen LogP contribution in [-0.4, -0.2) is 23.9 Å². The Balaban J connectivity index is 2.15. The molecule has 0 aliphatic carbocycles. The first-order valence-corrected chi connectivity index (χ1v) is 7.96. The van der Waals surface area contributed by atoms with Gasteiger partial charge in [-0.2, -0.15) is 13.2 Å². The van der Waals surface area contributed by atoms with Crippen molar-refractivity contribution in [3.8, 4) is 0 Å². The number of benzene rings is 2. The summed E-state index contributed by atoms with van der Waals surface area (Å²) in [7, 11) is 0. The van der Waals surface area contributed by atoms with Crippen molar-refractivity contribution in [1.82, 2.24) is 0 Å². The first-order chi connectivity index (χ1) is 11.7. The first kappa shape index (κ1) is 17.6. The molecule has 1 heterocycles. The summed E-state index contributed by atoms with van der Waals surface area (Å²) in [6.07, 6.45) is -5.74. The Bertz CT molecular complexity index is 849. The summed E-state index contributed by atoms with van der Waals surface area (Å²) >= 11 is 3.18. The third-order valence-corrected chi connectivity index (χ3v) is 4.43. The Morgan fingerprint density at radius 2 is 1.76 bits per heavy atom. The van der Waals surface area contributed by atoms with Crippen LogP contribution in [-0.2, 0) is 0 Å². The van der Waals surface area contributed by atoms with Crippen LogP contribution in [0.1, 0.15) is 27.1 Å². The summed E-state index contributed by atoms with van der Waals surface area (Å²) in [6, 6.07) is 6.30. The molecule has 0 aromatic heterocycles. The molecule has 0 saturated heterocycles. The van der Waals surface area contributed by atoms with Gasteiger partial charge in [-0.1, -0.05) is 15.9 Å². The quantitative estimate of drug-likeness (QED) is 0.630. The molecule has 0 fully saturated rings. The maximum atomic E-state index is 13.5. The van der Waals surface area contributed by atoms with E-state index < -0.39 is 36.1 Å². The van der Waals surface area contributed by atoms with E-state index in [0.29, 0.717) is 9.37 Å². The zero-order valence-corrected chi connectivity index (χ0v) is 14.1. The van der Waals surface area contributed by atoms with Crippen molar-refractivity contribution in [1.29, 1.82) is 0 Å². The number of hydrogen-bond acceptors (Lipinski definition) is 2. The molecule has 2 aromatic carbocycles. The standard InChI is InChI=1S/C17H10BrF4NO2/c18-10-3-1-9(2-4-10)16(25)23-13-6-5-11(19)7-12(13)14(24)8-15(23)17(20,21)22/h1-7,15H,8H2. The fourth-order valence-electron chi connectivity index (χ4n) is 2.73. The van der Waals surface area contributed by atoms with Crippen LogP contribution in [0.5, 0.6) is 0 Å². The number of carbonyl (C=O) groups is 2. The summed E-state index contributed by atoms with van der Waals surface area (Å²) < 4.78 is 54.4. The molecule has 0 N–H and O–H groups in total. The number of fused-ring (bicyclic) bond motifs is 1. The third-order valence-electron chi connectivity index (χ3n) is 3.90. The van der Waals surface area contributed by atoms with Crippen LogP contribution >= 0.6 is 15.9 Å². The van der Waals surface area contributed by atoms with Gasteiger partial charge in [0.1, 0.15) is 11.9 Å². The molecular formula is C17H10BrF4NO2. The third kappa shape index (κ3) is 3.30. The molecule has 0 bridgehead atoms. The number of anilines is 1. The predicted octanol–water partition coefficient (Wildman–Crippen LogP) is 4.75. The molecule has 130 valence electrons. The van der Waals surface area contributed by atoms with Crippen molar-refractivity contribution >= 4 is 33.3 Å². The van der Waals surface area contributed by atoms with E-state index in [1.807, 2.05) is 0 Å². The smallest absolute Gasteiger partial charge is 0.295 e. The molecule has 0 radical (unpaired) electrons. The Hall–Kier alpha value is -2.22. The molecule has 1 unspecified atom stereocenters. The number of nitrogens with zero attached hydrogens (tertiary/aromatic N) is 1. The molecule has 0 spiro atoms. The highest BCUT2D eigenvalue weighted by Crippen LogP contribution is 2.39. The lowest BCUT2D eigenvalue weighted by atomic mass is 9.93. The lowest BCUT2D eigenvalue weighted by Gasteiger charge is -2.37. The molecule has 1 atom stereocenters. The summed E-state index contributed by atoms with van der Waals surface area (Å²) in [5.74, 6) is -2.51. The fourth-order valence-corrected chi connectivity index (χ4v) is 3.00. The van der Waals surface area contributed by atoms with Crippen molar-refractivity contribution in [2.45, 2.75) is 18.6 Å². The predicted molar refractivity (Wildman–Crippen MR) is 86.1 cm³/mol. The largest absolute Gasteiger partial charge is 0.409 e. The molecule has 2 aromatic rings. The second-order valence-corrected chi connectivity index (χ2v) is 6.44. The first-order valence-electron chi connectivity index (χ1n) is 7.17. The molecule has 1 amide bonds. The summed E-state index contributed by atoms with van der Waals surface area (Å²) in [5, 5.41) is 0. The van der Waals surface area contributed by atoms with Crippen molar-refractivity contribution in [3.63, 3.8) is 0 Å². The fraction of sp³-hybridized carbons (Fsp3) is 0.176. The van der Waals surface area contributed by atoms with Gasteiger partial charge in [0.05, 0.1) is 5.69 Å². The number of ketones is 1. The lowest BCUT2D eigenvalue weighted by Crippen LogP contribution is -2.53. The summed E-state index contributed by atoms with van der Waals surface area (Å²) in [5.41, 5.74) is -0.444. The number of alkyl halides is 3. The minimum absolute atomic E-state index is 0.0297. The van der Waals surface area contributed by atoms with Crippen LogP contribution in [0.4, 0.5) is 23.2 Å². The Labute approximate surface area is 148 Å². The van der Waals surface area contributed by atoms with Gasteiger partial charge in [0.15, 0.2) is 5.78 Å². The normalized spacial score (nSPS) is 17.4. The van der Waals surface area contributed by atoms with E-state index in [-0.39, 0.29) is 16.8 Å². The van der Waals surface area contributed by atoms with E-state index >= 15 is 0 Å². The summed E-state index contributed by atoms with van der Waals surface area (Å²) in [6.45, 7) is 0. The van der Waals surface area contributed by atoms with Crippen LogP contribution in [0, 0.1) is 5.82 Å². The van der Waals surface area contributed by atoms with E-state index in [1.54, 1.807) is 0 Å². The molecule has 1 aliphatic heterocycles. The number of carbonyl (C=O) groups excluding carboxylic acids is 2. The van der Waals surface area contributed by atoms with Crippen molar-refractivity contribution in [2.75, 3.05) is 4.90 Å². The minimum Gasteiger partial charge on any atom is -0.295 e. The number of Topliss-reactive ketones (excluding diaryl/α,β-unsaturated/α-hetero) is 1. The topological polar surface area (TPSA) is 37.4 Å². The SMILES string of the molecule is O=C1CC(C(F)(F)F)N(C(=O)c2ccc(Br)cc2)c2ccc(F)cc21. The highest BCUT2D eigenvalue weighted by atomic mass is 79.9. The van der Waals surface area contributed by atoms with Gasteiger partial charge in [-0.05, 0) is 42.5 Å². The Kier molecular flexibility index (Phi) is 4.40. The van der Waals surface area contributed by atoms with Crippen molar-refractivity contribution in [3.05, 3.63) is 63.9 Å². The van der Waals surface area contributed by atoms with Crippen LogP contribution in [0.3, 0.4) is 0 Å². The number of halogens is 5. The molecule has 25 heavy (non-hydrogen) atoms. The average molecular weight is 416 g/mol.